The van der Waals surface area contributed by atoms with Gasteiger partial charge in [0.2, 0.25) is 0 Å². The average molecular weight is 528 g/mol. The normalized spacial score (nSPS) is 17.3. The second kappa shape index (κ2) is 9.66. The minimum atomic E-state index is -0.612. The van der Waals surface area contributed by atoms with Gasteiger partial charge >= 0.3 is 6.09 Å². The van der Waals surface area contributed by atoms with Gasteiger partial charge in [0.15, 0.2) is 5.65 Å². The zero-order valence-electron chi connectivity index (χ0n) is 22.6. The summed E-state index contributed by atoms with van der Waals surface area (Å²) in [5.74, 6) is 0.00790. The van der Waals surface area contributed by atoms with Gasteiger partial charge in [0.1, 0.15) is 23.3 Å². The number of anilines is 1. The van der Waals surface area contributed by atoms with Crippen LogP contribution in [0, 0.1) is 24.1 Å². The number of nitrogens with zero attached hydrogens (tertiary/aromatic N) is 5. The molecule has 1 aliphatic rings. The first-order valence-corrected chi connectivity index (χ1v) is 12.7. The number of halogens is 1. The first-order chi connectivity index (χ1) is 18.5. The van der Waals surface area contributed by atoms with E-state index in [4.69, 9.17) is 9.72 Å². The lowest BCUT2D eigenvalue weighted by molar-refractivity contribution is 0.0473. The highest BCUT2D eigenvalue weighted by Gasteiger charge is 2.38. The standard InChI is InChI=1S/C29H30FN7O2/c1-17-8-10-33-26-23(17)34-25(35-26)21-15-32-14-20(18-6-7-22(30)19(12-18)13-31)24(21)37-11-9-29(5,16-37)36-27(38)39-28(2,3)4/h6-8,10,12,14-15H,9,11,16H2,1-5H3,(H,36,38)(H,33,34,35)/t29-/m0/s1. The topological polar surface area (TPSA) is 120 Å². The summed E-state index contributed by atoms with van der Waals surface area (Å²) in [6.45, 7) is 10.6. The number of aryl methyl sites for hydroxylation is 1. The van der Waals surface area contributed by atoms with E-state index >= 15 is 0 Å². The summed E-state index contributed by atoms with van der Waals surface area (Å²) in [5.41, 5.74) is 4.12. The SMILES string of the molecule is Cc1ccnc2nc(-c3cncc(-c4ccc(F)c(C#N)c4)c3N3CC[C@](C)(NC(=O)OC(C)(C)C)C3)[nH]c12. The van der Waals surface area contributed by atoms with Crippen LogP contribution in [0.1, 0.15) is 45.2 Å². The van der Waals surface area contributed by atoms with Gasteiger partial charge in [-0.3, -0.25) is 4.98 Å². The van der Waals surface area contributed by atoms with Gasteiger partial charge in [-0.1, -0.05) is 6.07 Å². The molecule has 0 radical (unpaired) electrons. The number of aromatic nitrogens is 4. The van der Waals surface area contributed by atoms with Crippen LogP contribution in [0.15, 0.2) is 42.9 Å². The number of nitrogens with one attached hydrogen (secondary N) is 2. The summed E-state index contributed by atoms with van der Waals surface area (Å²) in [7, 11) is 0. The molecule has 9 nitrogen and oxygen atoms in total. The molecule has 1 saturated heterocycles. The average Bonchev–Trinajstić information content (AvgIpc) is 3.47. The molecule has 1 fully saturated rings. The van der Waals surface area contributed by atoms with Crippen molar-refractivity contribution in [2.75, 3.05) is 18.0 Å². The van der Waals surface area contributed by atoms with Gasteiger partial charge in [-0.25, -0.2) is 19.2 Å². The van der Waals surface area contributed by atoms with E-state index < -0.39 is 23.1 Å². The van der Waals surface area contributed by atoms with Crippen molar-refractivity contribution >= 4 is 22.9 Å². The second-order valence-electron chi connectivity index (χ2n) is 11.2. The van der Waals surface area contributed by atoms with Crippen molar-refractivity contribution in [3.05, 3.63) is 59.8 Å². The monoisotopic (exact) mass is 527 g/mol. The number of hydrogen-bond donors (Lipinski definition) is 2. The minimum Gasteiger partial charge on any atom is -0.444 e. The van der Waals surface area contributed by atoms with Crippen LogP contribution in [0.3, 0.4) is 0 Å². The van der Waals surface area contributed by atoms with Crippen LogP contribution in [-0.4, -0.2) is 50.3 Å². The number of benzene rings is 1. The largest absolute Gasteiger partial charge is 0.444 e. The van der Waals surface area contributed by atoms with Crippen molar-refractivity contribution in [3.63, 3.8) is 0 Å². The lowest BCUT2D eigenvalue weighted by Gasteiger charge is -2.30. The lowest BCUT2D eigenvalue weighted by Crippen LogP contribution is -2.49. The Labute approximate surface area is 226 Å². The summed E-state index contributed by atoms with van der Waals surface area (Å²) in [5, 5.41) is 12.5. The molecule has 200 valence electrons. The third kappa shape index (κ3) is 5.25. The Bertz CT molecular complexity index is 1620. The number of imidazole rings is 1. The molecule has 0 unspecified atom stereocenters. The number of aromatic amines is 1. The fraction of sp³-hybridized carbons (Fsp3) is 0.345. The molecule has 1 aliphatic heterocycles. The molecule has 0 saturated carbocycles. The third-order valence-corrected chi connectivity index (χ3v) is 6.76. The fourth-order valence-corrected chi connectivity index (χ4v) is 4.92. The molecule has 1 atom stereocenters. The second-order valence-corrected chi connectivity index (χ2v) is 11.2. The van der Waals surface area contributed by atoms with Crippen LogP contribution in [-0.2, 0) is 4.74 Å². The first kappa shape index (κ1) is 26.1. The van der Waals surface area contributed by atoms with Crippen LogP contribution >= 0.6 is 0 Å². The van der Waals surface area contributed by atoms with E-state index in [0.717, 1.165) is 27.9 Å². The fourth-order valence-electron chi connectivity index (χ4n) is 4.92. The Hall–Kier alpha value is -4.52. The third-order valence-electron chi connectivity index (χ3n) is 6.76. The van der Waals surface area contributed by atoms with E-state index in [-0.39, 0.29) is 5.56 Å². The van der Waals surface area contributed by atoms with Crippen LogP contribution < -0.4 is 10.2 Å². The molecule has 39 heavy (non-hydrogen) atoms. The highest BCUT2D eigenvalue weighted by molar-refractivity contribution is 5.91. The summed E-state index contributed by atoms with van der Waals surface area (Å²) in [6.07, 6.45) is 5.35. The minimum absolute atomic E-state index is 0.0507. The Balaban J connectivity index is 1.61. The number of carbonyl (C=O) groups excluding carboxylic acids is 1. The molecule has 2 N–H and O–H groups in total. The molecule has 0 aliphatic carbocycles. The molecule has 0 spiro atoms. The molecular weight excluding hydrogens is 497 g/mol. The highest BCUT2D eigenvalue weighted by atomic mass is 19.1. The number of ether oxygens (including phenoxy) is 1. The Morgan fingerprint density at radius 1 is 1.26 bits per heavy atom. The number of fused-ring (bicyclic) bond motifs is 1. The van der Waals surface area contributed by atoms with E-state index in [1.165, 1.54) is 12.1 Å². The van der Waals surface area contributed by atoms with Crippen molar-refractivity contribution in [1.29, 1.82) is 5.26 Å². The zero-order valence-corrected chi connectivity index (χ0v) is 22.6. The summed E-state index contributed by atoms with van der Waals surface area (Å²) in [4.78, 5) is 31.8. The van der Waals surface area contributed by atoms with Crippen molar-refractivity contribution in [2.45, 2.75) is 52.2 Å². The summed E-state index contributed by atoms with van der Waals surface area (Å²) < 4.78 is 19.7. The van der Waals surface area contributed by atoms with Gasteiger partial charge in [-0.15, -0.1) is 0 Å². The smallest absolute Gasteiger partial charge is 0.408 e. The predicted molar refractivity (Wildman–Crippen MR) is 147 cm³/mol. The molecule has 5 rings (SSSR count). The van der Waals surface area contributed by atoms with Crippen LogP contribution in [0.25, 0.3) is 33.7 Å². The first-order valence-electron chi connectivity index (χ1n) is 12.7. The number of carbonyl (C=O) groups is 1. The maximum atomic E-state index is 14.2. The number of alkyl carbamates (subject to hydrolysis) is 1. The van der Waals surface area contributed by atoms with Gasteiger partial charge < -0.3 is 19.9 Å². The number of amides is 1. The molecule has 3 aromatic heterocycles. The van der Waals surface area contributed by atoms with Crippen LogP contribution in [0.5, 0.6) is 0 Å². The van der Waals surface area contributed by atoms with Gasteiger partial charge in [0.25, 0.3) is 0 Å². The molecule has 4 aromatic rings. The number of pyridine rings is 2. The quantitative estimate of drug-likeness (QED) is 0.360. The molecule has 0 bridgehead atoms. The zero-order chi connectivity index (χ0) is 27.9. The van der Waals surface area contributed by atoms with Crippen LogP contribution in [0.2, 0.25) is 0 Å². The van der Waals surface area contributed by atoms with E-state index in [0.29, 0.717) is 36.5 Å². The predicted octanol–water partition coefficient (Wildman–Crippen LogP) is 5.50. The van der Waals surface area contributed by atoms with Gasteiger partial charge in [-0.05, 0) is 70.4 Å². The Kier molecular flexibility index (Phi) is 6.46. The van der Waals surface area contributed by atoms with E-state index in [2.05, 4.69) is 25.2 Å². The molecule has 10 heteroatoms. The highest BCUT2D eigenvalue weighted by Crippen LogP contribution is 2.41. The number of rotatable bonds is 4. The van der Waals surface area contributed by atoms with E-state index in [1.54, 1.807) is 24.7 Å². The van der Waals surface area contributed by atoms with Crippen LogP contribution in [0.4, 0.5) is 14.9 Å². The molecule has 4 heterocycles. The Morgan fingerprint density at radius 3 is 2.74 bits per heavy atom. The number of H-pyrrole nitrogens is 1. The van der Waals surface area contributed by atoms with Gasteiger partial charge in [-0.2, -0.15) is 5.26 Å². The van der Waals surface area contributed by atoms with Crippen molar-refractivity contribution in [1.82, 2.24) is 25.3 Å². The number of hydrogen-bond acceptors (Lipinski definition) is 7. The van der Waals surface area contributed by atoms with Gasteiger partial charge in [0.05, 0.1) is 27.9 Å². The summed E-state index contributed by atoms with van der Waals surface area (Å²) >= 11 is 0. The van der Waals surface area contributed by atoms with Crippen molar-refractivity contribution in [2.24, 2.45) is 0 Å². The number of nitriles is 1. The maximum absolute atomic E-state index is 14.2. The lowest BCUT2D eigenvalue weighted by atomic mass is 9.99. The van der Waals surface area contributed by atoms with Gasteiger partial charge in [0, 0.05) is 37.2 Å². The molecule has 1 amide bonds. The van der Waals surface area contributed by atoms with E-state index in [1.807, 2.05) is 46.8 Å². The maximum Gasteiger partial charge on any atom is 0.408 e. The molecular formula is C29H30FN7O2. The summed E-state index contributed by atoms with van der Waals surface area (Å²) in [6, 6.07) is 8.29. The van der Waals surface area contributed by atoms with E-state index in [9.17, 15) is 14.4 Å². The van der Waals surface area contributed by atoms with Crippen molar-refractivity contribution < 1.29 is 13.9 Å². The Morgan fingerprint density at radius 2 is 2.03 bits per heavy atom. The van der Waals surface area contributed by atoms with Crippen molar-refractivity contribution in [3.8, 4) is 28.6 Å². The molecule has 1 aromatic carbocycles.